The van der Waals surface area contributed by atoms with Gasteiger partial charge in [-0.1, -0.05) is 48.7 Å². The van der Waals surface area contributed by atoms with Crippen LogP contribution in [0.15, 0.2) is 30.3 Å². The molecular weight excluding hydrogens is 295 g/mol. The second-order valence-corrected chi connectivity index (χ2v) is 5.18. The van der Waals surface area contributed by atoms with Crippen molar-refractivity contribution in [3.05, 3.63) is 45.9 Å². The highest BCUT2D eigenvalue weighted by molar-refractivity contribution is 6.37. The number of hydrazine groups is 1. The second kappa shape index (κ2) is 6.79. The highest BCUT2D eigenvalue weighted by Crippen LogP contribution is 2.30. The maximum Gasteiger partial charge on any atom is 0.161 e. The Balaban J connectivity index is 2.21. The Bertz CT molecular complexity index is 584. The van der Waals surface area contributed by atoms with Crippen LogP contribution < -0.4 is 16.6 Å². The Morgan fingerprint density at radius 1 is 1.10 bits per heavy atom. The molecule has 0 aliphatic heterocycles. The van der Waals surface area contributed by atoms with Crippen LogP contribution in [-0.4, -0.2) is 4.98 Å². The number of aryl methyl sites for hydroxylation is 1. The second-order valence-electron chi connectivity index (χ2n) is 4.37. The number of nitrogens with one attached hydrogen (secondary N) is 2. The molecule has 0 amide bonds. The van der Waals surface area contributed by atoms with Crippen molar-refractivity contribution in [3.8, 4) is 0 Å². The Labute approximate surface area is 128 Å². The van der Waals surface area contributed by atoms with Crippen molar-refractivity contribution < 1.29 is 0 Å². The van der Waals surface area contributed by atoms with Gasteiger partial charge in [-0.25, -0.2) is 10.8 Å². The topological polar surface area (TPSA) is 63.0 Å². The van der Waals surface area contributed by atoms with Crippen LogP contribution >= 0.6 is 23.2 Å². The van der Waals surface area contributed by atoms with Crippen LogP contribution in [0.3, 0.4) is 0 Å². The van der Waals surface area contributed by atoms with Gasteiger partial charge in [-0.2, -0.15) is 0 Å². The molecule has 0 saturated heterocycles. The van der Waals surface area contributed by atoms with Crippen molar-refractivity contribution >= 4 is 40.5 Å². The molecule has 0 spiro atoms. The van der Waals surface area contributed by atoms with E-state index in [1.807, 2.05) is 12.1 Å². The minimum absolute atomic E-state index is 0.376. The first-order chi connectivity index (χ1) is 9.63. The van der Waals surface area contributed by atoms with Crippen molar-refractivity contribution in [2.45, 2.75) is 19.8 Å². The maximum atomic E-state index is 6.11. The van der Waals surface area contributed by atoms with E-state index in [-0.39, 0.29) is 0 Å². The van der Waals surface area contributed by atoms with Gasteiger partial charge in [0.05, 0.1) is 10.0 Å². The number of pyridine rings is 1. The van der Waals surface area contributed by atoms with E-state index in [1.165, 1.54) is 5.56 Å². The van der Waals surface area contributed by atoms with Crippen molar-refractivity contribution in [2.24, 2.45) is 5.84 Å². The average Bonchev–Trinajstić information content (AvgIpc) is 2.44. The molecule has 1 heterocycles. The molecule has 2 aromatic rings. The van der Waals surface area contributed by atoms with E-state index in [4.69, 9.17) is 29.0 Å². The zero-order chi connectivity index (χ0) is 14.5. The van der Waals surface area contributed by atoms with Crippen LogP contribution in [0.1, 0.15) is 18.9 Å². The highest BCUT2D eigenvalue weighted by Gasteiger charge is 2.08. The summed E-state index contributed by atoms with van der Waals surface area (Å²) in [6, 6.07) is 9.74. The number of nitrogens with zero attached hydrogens (tertiary/aromatic N) is 1. The van der Waals surface area contributed by atoms with Gasteiger partial charge in [-0.3, -0.25) is 0 Å². The normalized spacial score (nSPS) is 10.4. The van der Waals surface area contributed by atoms with E-state index >= 15 is 0 Å². The Morgan fingerprint density at radius 2 is 1.75 bits per heavy atom. The number of nitrogen functional groups attached to an aromatic ring is 1. The van der Waals surface area contributed by atoms with Crippen LogP contribution in [0, 0.1) is 0 Å². The van der Waals surface area contributed by atoms with E-state index in [1.54, 1.807) is 6.07 Å². The molecule has 1 aromatic heterocycles. The van der Waals surface area contributed by atoms with E-state index in [9.17, 15) is 0 Å². The van der Waals surface area contributed by atoms with Crippen molar-refractivity contribution in [1.82, 2.24) is 4.98 Å². The first-order valence-corrected chi connectivity index (χ1v) is 7.08. The van der Waals surface area contributed by atoms with Crippen LogP contribution in [0.25, 0.3) is 0 Å². The first kappa shape index (κ1) is 14.9. The molecule has 20 heavy (non-hydrogen) atoms. The van der Waals surface area contributed by atoms with E-state index < -0.39 is 0 Å². The molecule has 1 aromatic carbocycles. The standard InChI is InChI=1S/C14H16Cl2N4/c1-2-3-9-4-6-10(7-5-9)18-13-11(15)8-12(16)14(19-13)20-17/h4-8H,2-3,17H2,1H3,(H2,18,19,20). The van der Waals surface area contributed by atoms with Gasteiger partial charge in [-0.05, 0) is 30.2 Å². The molecule has 0 atom stereocenters. The monoisotopic (exact) mass is 310 g/mol. The molecule has 4 N–H and O–H groups in total. The Kier molecular flexibility index (Phi) is 5.06. The van der Waals surface area contributed by atoms with Crippen LogP contribution in [0.2, 0.25) is 10.0 Å². The maximum absolute atomic E-state index is 6.11. The summed E-state index contributed by atoms with van der Waals surface area (Å²) in [6.07, 6.45) is 2.20. The quantitative estimate of drug-likeness (QED) is 0.567. The SMILES string of the molecule is CCCc1ccc(Nc2nc(NN)c(Cl)cc2Cl)cc1. The zero-order valence-corrected chi connectivity index (χ0v) is 12.6. The average molecular weight is 311 g/mol. The molecule has 0 aliphatic carbocycles. The molecule has 0 fully saturated rings. The lowest BCUT2D eigenvalue weighted by atomic mass is 10.1. The third kappa shape index (κ3) is 3.54. The molecule has 6 heteroatoms. The predicted molar refractivity (Wildman–Crippen MR) is 85.8 cm³/mol. The van der Waals surface area contributed by atoms with Crippen molar-refractivity contribution in [1.29, 1.82) is 0 Å². The minimum atomic E-state index is 0.376. The summed E-state index contributed by atoms with van der Waals surface area (Å²) in [4.78, 5) is 4.23. The fourth-order valence-corrected chi connectivity index (χ4v) is 2.30. The summed E-state index contributed by atoms with van der Waals surface area (Å²) in [7, 11) is 0. The minimum Gasteiger partial charge on any atom is -0.339 e. The van der Waals surface area contributed by atoms with Gasteiger partial charge in [0, 0.05) is 5.69 Å². The predicted octanol–water partition coefficient (Wildman–Crippen LogP) is 4.37. The lowest BCUT2D eigenvalue weighted by Gasteiger charge is -2.11. The third-order valence-corrected chi connectivity index (χ3v) is 3.40. The summed E-state index contributed by atoms with van der Waals surface area (Å²) in [5.41, 5.74) is 4.64. The highest BCUT2D eigenvalue weighted by atomic mass is 35.5. The Hall–Kier alpha value is -1.49. The molecule has 0 radical (unpaired) electrons. The summed E-state index contributed by atoms with van der Waals surface area (Å²) >= 11 is 12.1. The zero-order valence-electron chi connectivity index (χ0n) is 11.1. The number of anilines is 3. The van der Waals surface area contributed by atoms with Gasteiger partial charge in [0.25, 0.3) is 0 Å². The summed E-state index contributed by atoms with van der Waals surface area (Å²) in [5.74, 6) is 6.23. The van der Waals surface area contributed by atoms with E-state index in [0.29, 0.717) is 21.7 Å². The van der Waals surface area contributed by atoms with Gasteiger partial charge < -0.3 is 10.7 Å². The number of rotatable bonds is 5. The smallest absolute Gasteiger partial charge is 0.161 e. The largest absolute Gasteiger partial charge is 0.339 e. The fourth-order valence-electron chi connectivity index (χ4n) is 1.84. The first-order valence-electron chi connectivity index (χ1n) is 6.32. The lowest BCUT2D eigenvalue weighted by Crippen LogP contribution is -2.10. The van der Waals surface area contributed by atoms with Crippen LogP contribution in [0.5, 0.6) is 0 Å². The number of halogens is 2. The third-order valence-electron chi connectivity index (χ3n) is 2.82. The van der Waals surface area contributed by atoms with Crippen molar-refractivity contribution in [2.75, 3.05) is 10.7 Å². The lowest BCUT2D eigenvalue weighted by molar-refractivity contribution is 0.922. The van der Waals surface area contributed by atoms with Gasteiger partial charge in [0.15, 0.2) is 11.6 Å². The van der Waals surface area contributed by atoms with E-state index in [2.05, 4.69) is 34.8 Å². The number of benzene rings is 1. The molecule has 0 saturated carbocycles. The van der Waals surface area contributed by atoms with Crippen molar-refractivity contribution in [3.63, 3.8) is 0 Å². The van der Waals surface area contributed by atoms with Crippen LogP contribution in [0.4, 0.5) is 17.3 Å². The number of aromatic nitrogens is 1. The molecule has 0 bridgehead atoms. The molecule has 0 unspecified atom stereocenters. The number of hydrogen-bond donors (Lipinski definition) is 3. The van der Waals surface area contributed by atoms with Crippen LogP contribution in [-0.2, 0) is 6.42 Å². The Morgan fingerprint density at radius 3 is 2.35 bits per heavy atom. The molecule has 0 aliphatic rings. The molecule has 4 nitrogen and oxygen atoms in total. The molecule has 2 rings (SSSR count). The molecular formula is C14H16Cl2N4. The van der Waals surface area contributed by atoms with Gasteiger partial charge in [-0.15, -0.1) is 0 Å². The number of nitrogens with two attached hydrogens (primary N) is 1. The fraction of sp³-hybridized carbons (Fsp3) is 0.214. The summed E-state index contributed by atoms with van der Waals surface area (Å²) in [5, 5.41) is 3.96. The van der Waals surface area contributed by atoms with Gasteiger partial charge >= 0.3 is 0 Å². The number of hydrogen-bond acceptors (Lipinski definition) is 4. The summed E-state index contributed by atoms with van der Waals surface area (Å²) < 4.78 is 0. The molecule has 106 valence electrons. The van der Waals surface area contributed by atoms with Gasteiger partial charge in [0.2, 0.25) is 0 Å². The van der Waals surface area contributed by atoms with Gasteiger partial charge in [0.1, 0.15) is 0 Å². The summed E-state index contributed by atoms with van der Waals surface area (Å²) in [6.45, 7) is 2.16. The van der Waals surface area contributed by atoms with E-state index in [0.717, 1.165) is 18.5 Å².